The zero-order chi connectivity index (χ0) is 15.4. The molecule has 4 heteroatoms. The van der Waals surface area contributed by atoms with Crippen molar-refractivity contribution in [3.63, 3.8) is 0 Å². The molecule has 4 nitrogen and oxygen atoms in total. The first-order valence-electron chi connectivity index (χ1n) is 6.98. The highest BCUT2D eigenvalue weighted by Crippen LogP contribution is 2.07. The number of imidazole rings is 1. The van der Waals surface area contributed by atoms with E-state index in [1.807, 2.05) is 54.0 Å². The average molecular weight is 289 g/mol. The summed E-state index contributed by atoms with van der Waals surface area (Å²) in [7, 11) is 0. The number of ketones is 1. The molecule has 0 saturated heterocycles. The summed E-state index contributed by atoms with van der Waals surface area (Å²) in [5.74, 6) is -0.0953. The predicted octanol–water partition coefficient (Wildman–Crippen LogP) is 3.33. The summed E-state index contributed by atoms with van der Waals surface area (Å²) >= 11 is 0. The van der Waals surface area contributed by atoms with Gasteiger partial charge in [-0.3, -0.25) is 9.78 Å². The lowest BCUT2D eigenvalue weighted by atomic mass is 10.2. The lowest BCUT2D eigenvalue weighted by Gasteiger charge is -1.95. The fourth-order valence-electron chi connectivity index (χ4n) is 2.09. The van der Waals surface area contributed by atoms with Crippen LogP contribution in [-0.4, -0.2) is 20.2 Å². The van der Waals surface area contributed by atoms with Crippen LogP contribution in [0.2, 0.25) is 0 Å². The van der Waals surface area contributed by atoms with Crippen LogP contribution in [0.4, 0.5) is 0 Å². The van der Waals surface area contributed by atoms with Crippen molar-refractivity contribution in [1.29, 1.82) is 0 Å². The Morgan fingerprint density at radius 3 is 2.82 bits per heavy atom. The van der Waals surface area contributed by atoms with Gasteiger partial charge < -0.3 is 4.40 Å². The third kappa shape index (κ3) is 3.17. The van der Waals surface area contributed by atoms with Gasteiger partial charge in [-0.1, -0.05) is 12.1 Å². The fraction of sp³-hybridized carbons (Fsp3) is 0.0556. The van der Waals surface area contributed by atoms with Gasteiger partial charge in [0, 0.05) is 18.6 Å². The summed E-state index contributed by atoms with van der Waals surface area (Å²) in [5.41, 5.74) is 3.45. The van der Waals surface area contributed by atoms with Crippen molar-refractivity contribution in [3.05, 3.63) is 78.0 Å². The largest absolute Gasteiger partial charge is 0.306 e. The van der Waals surface area contributed by atoms with Gasteiger partial charge >= 0.3 is 0 Å². The minimum Gasteiger partial charge on any atom is -0.306 e. The molecule has 3 aromatic rings. The van der Waals surface area contributed by atoms with Crippen molar-refractivity contribution in [2.45, 2.75) is 6.92 Å². The molecule has 0 bridgehead atoms. The van der Waals surface area contributed by atoms with E-state index in [1.54, 1.807) is 18.3 Å². The number of nitrogens with zero attached hydrogens (tertiary/aromatic N) is 3. The van der Waals surface area contributed by atoms with Crippen LogP contribution in [0.3, 0.4) is 0 Å². The molecule has 0 aliphatic carbocycles. The summed E-state index contributed by atoms with van der Waals surface area (Å²) in [5, 5.41) is 0. The number of aryl methyl sites for hydroxylation is 1. The summed E-state index contributed by atoms with van der Waals surface area (Å²) < 4.78 is 1.91. The Labute approximate surface area is 128 Å². The lowest BCUT2D eigenvalue weighted by molar-refractivity contribution is -0.110. The van der Waals surface area contributed by atoms with Gasteiger partial charge in [0.2, 0.25) is 0 Å². The number of aromatic nitrogens is 3. The Hall–Kier alpha value is -3.01. The van der Waals surface area contributed by atoms with Crippen molar-refractivity contribution in [1.82, 2.24) is 14.4 Å². The van der Waals surface area contributed by atoms with Gasteiger partial charge in [-0.2, -0.15) is 0 Å². The summed E-state index contributed by atoms with van der Waals surface area (Å²) in [6, 6.07) is 9.62. The summed E-state index contributed by atoms with van der Waals surface area (Å²) in [6.45, 7) is 1.96. The van der Waals surface area contributed by atoms with Crippen molar-refractivity contribution in [3.8, 4) is 0 Å². The van der Waals surface area contributed by atoms with E-state index in [-0.39, 0.29) is 5.78 Å². The maximum atomic E-state index is 11.9. The van der Waals surface area contributed by atoms with Crippen molar-refractivity contribution in [2.75, 3.05) is 0 Å². The SMILES string of the molecule is Cc1cccnc1/C=C/C(=O)/C=C/c1cn2ccccc2n1. The highest BCUT2D eigenvalue weighted by molar-refractivity contribution is 6.04. The highest BCUT2D eigenvalue weighted by atomic mass is 16.1. The van der Waals surface area contributed by atoms with E-state index in [2.05, 4.69) is 9.97 Å². The molecule has 0 N–H and O–H groups in total. The molecule has 3 heterocycles. The van der Waals surface area contributed by atoms with Crippen LogP contribution in [0.25, 0.3) is 17.8 Å². The molecule has 0 atom stereocenters. The smallest absolute Gasteiger partial charge is 0.178 e. The highest BCUT2D eigenvalue weighted by Gasteiger charge is 1.98. The molecule has 0 saturated carbocycles. The second-order valence-electron chi connectivity index (χ2n) is 4.91. The molecule has 3 aromatic heterocycles. The third-order valence-electron chi connectivity index (χ3n) is 3.26. The molecule has 0 unspecified atom stereocenters. The second kappa shape index (κ2) is 6.18. The molecule has 0 spiro atoms. The molecule has 0 fully saturated rings. The molecule has 3 rings (SSSR count). The standard InChI is InChI=1S/C18H15N3O/c1-14-5-4-11-19-17(14)10-9-16(22)8-7-15-13-21-12-3-2-6-18(21)20-15/h2-13H,1H3/b8-7+,10-9+. The molecule has 108 valence electrons. The van der Waals surface area contributed by atoms with Crippen molar-refractivity contribution < 1.29 is 4.79 Å². The lowest BCUT2D eigenvalue weighted by Crippen LogP contribution is -1.88. The zero-order valence-corrected chi connectivity index (χ0v) is 12.2. The Morgan fingerprint density at radius 1 is 1.14 bits per heavy atom. The quantitative estimate of drug-likeness (QED) is 0.692. The molecule has 0 amide bonds. The zero-order valence-electron chi connectivity index (χ0n) is 12.2. The number of carbonyl (C=O) groups is 1. The van der Waals surface area contributed by atoms with E-state index in [9.17, 15) is 4.79 Å². The first-order chi connectivity index (χ1) is 10.7. The molecule has 0 radical (unpaired) electrons. The minimum atomic E-state index is -0.0953. The summed E-state index contributed by atoms with van der Waals surface area (Å²) in [6.07, 6.45) is 12.0. The Balaban J connectivity index is 1.72. The van der Waals surface area contributed by atoms with Gasteiger partial charge in [0.25, 0.3) is 0 Å². The van der Waals surface area contributed by atoms with Crippen LogP contribution in [0.1, 0.15) is 17.0 Å². The molecular weight excluding hydrogens is 274 g/mol. The predicted molar refractivity (Wildman–Crippen MR) is 87.2 cm³/mol. The minimum absolute atomic E-state index is 0.0953. The average Bonchev–Trinajstić information content (AvgIpc) is 2.95. The van der Waals surface area contributed by atoms with E-state index in [4.69, 9.17) is 0 Å². The summed E-state index contributed by atoms with van der Waals surface area (Å²) in [4.78, 5) is 20.5. The van der Waals surface area contributed by atoms with E-state index in [0.29, 0.717) is 0 Å². The van der Waals surface area contributed by atoms with Gasteiger partial charge in [-0.25, -0.2) is 4.98 Å². The van der Waals surface area contributed by atoms with Gasteiger partial charge in [-0.05, 0) is 55.0 Å². The third-order valence-corrected chi connectivity index (χ3v) is 3.26. The van der Waals surface area contributed by atoms with Crippen LogP contribution in [-0.2, 0) is 4.79 Å². The molecule has 22 heavy (non-hydrogen) atoms. The van der Waals surface area contributed by atoms with Crippen LogP contribution < -0.4 is 0 Å². The van der Waals surface area contributed by atoms with Crippen molar-refractivity contribution >= 4 is 23.6 Å². The van der Waals surface area contributed by atoms with Gasteiger partial charge in [0.05, 0.1) is 11.4 Å². The van der Waals surface area contributed by atoms with Crippen molar-refractivity contribution in [2.24, 2.45) is 0 Å². The second-order valence-corrected chi connectivity index (χ2v) is 4.91. The molecule has 0 aliphatic rings. The fourth-order valence-corrected chi connectivity index (χ4v) is 2.09. The number of fused-ring (bicyclic) bond motifs is 1. The number of allylic oxidation sites excluding steroid dienone is 2. The number of hydrogen-bond acceptors (Lipinski definition) is 3. The Bertz CT molecular complexity index is 842. The van der Waals surface area contributed by atoms with Crippen LogP contribution >= 0.6 is 0 Å². The monoisotopic (exact) mass is 289 g/mol. The van der Waals surface area contributed by atoms with Gasteiger partial charge in [0.1, 0.15) is 5.65 Å². The van der Waals surface area contributed by atoms with E-state index in [1.165, 1.54) is 12.2 Å². The van der Waals surface area contributed by atoms with E-state index < -0.39 is 0 Å². The normalized spacial score (nSPS) is 11.7. The van der Waals surface area contributed by atoms with Crippen LogP contribution in [0.5, 0.6) is 0 Å². The number of carbonyl (C=O) groups excluding carboxylic acids is 1. The Morgan fingerprint density at radius 2 is 2.00 bits per heavy atom. The first-order valence-corrected chi connectivity index (χ1v) is 6.98. The molecule has 0 aromatic carbocycles. The van der Waals surface area contributed by atoms with Crippen LogP contribution in [0, 0.1) is 6.92 Å². The maximum Gasteiger partial charge on any atom is 0.178 e. The maximum absolute atomic E-state index is 11.9. The Kier molecular flexibility index (Phi) is 3.92. The topological polar surface area (TPSA) is 47.3 Å². The molecule has 0 aliphatic heterocycles. The number of pyridine rings is 2. The molecular formula is C18H15N3O. The van der Waals surface area contributed by atoms with E-state index >= 15 is 0 Å². The van der Waals surface area contributed by atoms with Crippen LogP contribution in [0.15, 0.2) is 61.1 Å². The number of hydrogen-bond donors (Lipinski definition) is 0. The van der Waals surface area contributed by atoms with E-state index in [0.717, 1.165) is 22.6 Å². The first kappa shape index (κ1) is 13.9. The van der Waals surface area contributed by atoms with Gasteiger partial charge in [-0.15, -0.1) is 0 Å². The van der Waals surface area contributed by atoms with Gasteiger partial charge in [0.15, 0.2) is 5.78 Å². The number of rotatable bonds is 4.